The average molecular weight is 635 g/mol. The van der Waals surface area contributed by atoms with Gasteiger partial charge < -0.3 is 38.2 Å². The van der Waals surface area contributed by atoms with Gasteiger partial charge in [-0.3, -0.25) is 0 Å². The molecule has 13 heavy (non-hydrogen) atoms. The third-order valence-corrected chi connectivity index (χ3v) is 0.289. The van der Waals surface area contributed by atoms with Gasteiger partial charge in [0.05, 0.1) is 0 Å². The Hall–Kier alpha value is 2.02. The summed E-state index contributed by atoms with van der Waals surface area (Å²) < 4.78 is 4.61. The second-order valence-corrected chi connectivity index (χ2v) is 1.40. The Kier molecular flexibility index (Phi) is 109. The topological polar surface area (TPSA) is 35.2 Å². The fraction of sp³-hybridized carbons (Fsp3) is 0.556. The molecule has 0 aliphatic rings. The summed E-state index contributed by atoms with van der Waals surface area (Å²) in [4.78, 5) is 0. The minimum atomic E-state index is 0. The molecule has 0 aromatic rings. The third kappa shape index (κ3) is 125. The van der Waals surface area contributed by atoms with Gasteiger partial charge in [-0.15, -0.1) is 6.54 Å². The SMILES string of the molecule is [CH2-]CC.[CH2-]CN.[CH2-]COC[CH2-].[U+2].[U+2]. The van der Waals surface area contributed by atoms with Crippen molar-refractivity contribution >= 4 is 0 Å². The van der Waals surface area contributed by atoms with Crippen LogP contribution in [0.5, 0.6) is 0 Å². The maximum absolute atomic E-state index is 4.74. The third-order valence-electron chi connectivity index (χ3n) is 0.289. The van der Waals surface area contributed by atoms with E-state index in [1.165, 1.54) is 0 Å². The van der Waals surface area contributed by atoms with E-state index in [1.807, 2.05) is 6.92 Å². The van der Waals surface area contributed by atoms with Crippen LogP contribution >= 0.6 is 0 Å². The van der Waals surface area contributed by atoms with Gasteiger partial charge in [-0.05, 0) is 0 Å². The minimum absolute atomic E-state index is 0. The molecule has 0 aliphatic carbocycles. The first-order valence-electron chi connectivity index (χ1n) is 3.69. The molecule has 4 heteroatoms. The molecule has 0 fully saturated rings. The zero-order valence-electron chi connectivity index (χ0n) is 8.64. The Bertz CT molecular complexity index is 36.8. The number of nitrogens with two attached hydrogens (primary N) is 1. The molecule has 0 radical (unpaired) electrons. The van der Waals surface area contributed by atoms with Gasteiger partial charge in [0.2, 0.25) is 0 Å². The van der Waals surface area contributed by atoms with Gasteiger partial charge in [0.15, 0.2) is 0 Å². The van der Waals surface area contributed by atoms with Crippen LogP contribution in [0.15, 0.2) is 0 Å². The predicted octanol–water partition coefficient (Wildman–Crippen LogP) is 1.68. The van der Waals surface area contributed by atoms with E-state index >= 15 is 0 Å². The van der Waals surface area contributed by atoms with Crippen molar-refractivity contribution < 1.29 is 67.0 Å². The normalized spacial score (nSPS) is 6.00. The van der Waals surface area contributed by atoms with E-state index in [-0.39, 0.29) is 62.2 Å². The van der Waals surface area contributed by atoms with Gasteiger partial charge >= 0.3 is 62.2 Å². The van der Waals surface area contributed by atoms with E-state index in [2.05, 4.69) is 32.4 Å². The van der Waals surface area contributed by atoms with Crippen LogP contribution in [-0.4, -0.2) is 19.8 Å². The van der Waals surface area contributed by atoms with Crippen LogP contribution in [0.3, 0.4) is 0 Å². The Balaban J connectivity index is -0.0000000240. The van der Waals surface area contributed by atoms with E-state index in [1.54, 1.807) is 0 Å². The number of hydrogen-bond acceptors (Lipinski definition) is 2. The van der Waals surface area contributed by atoms with E-state index < -0.39 is 0 Å². The van der Waals surface area contributed by atoms with Crippen molar-refractivity contribution in [1.82, 2.24) is 0 Å². The van der Waals surface area contributed by atoms with E-state index in [9.17, 15) is 0 Å². The van der Waals surface area contributed by atoms with Crippen molar-refractivity contribution in [2.75, 3.05) is 19.8 Å². The molecule has 0 aliphatic heterocycles. The van der Waals surface area contributed by atoms with E-state index in [0.29, 0.717) is 19.8 Å². The predicted molar refractivity (Wildman–Crippen MR) is 51.6 cm³/mol. The smallest absolute Gasteiger partial charge is 0.445 e. The Labute approximate surface area is 132 Å². The molecule has 0 atom stereocenters. The quantitative estimate of drug-likeness (QED) is 0.470. The first kappa shape index (κ1) is 29.4. The fourth-order valence-corrected chi connectivity index (χ4v) is 0.102. The van der Waals surface area contributed by atoms with Gasteiger partial charge in [0, 0.05) is 0 Å². The molecule has 0 aromatic carbocycles. The van der Waals surface area contributed by atoms with Crippen molar-refractivity contribution in [1.29, 1.82) is 0 Å². The molecule has 2 nitrogen and oxygen atoms in total. The molecular weight excluding hydrogens is 614 g/mol. The number of rotatable bonds is 2. The van der Waals surface area contributed by atoms with Crippen LogP contribution in [0.1, 0.15) is 13.3 Å². The zero-order chi connectivity index (χ0) is 9.54. The van der Waals surface area contributed by atoms with Crippen molar-refractivity contribution in [2.45, 2.75) is 13.3 Å². The molecule has 0 rings (SSSR count). The van der Waals surface area contributed by atoms with Crippen molar-refractivity contribution in [2.24, 2.45) is 5.73 Å². The molecule has 0 saturated carbocycles. The Morgan fingerprint density at radius 2 is 1.15 bits per heavy atom. The maximum Gasteiger partial charge on any atom is 2.00 e. The fourth-order valence-electron chi connectivity index (χ4n) is 0.102. The van der Waals surface area contributed by atoms with Crippen LogP contribution in [0.25, 0.3) is 0 Å². The Morgan fingerprint density at radius 3 is 1.15 bits per heavy atom. The monoisotopic (exact) mass is 635 g/mol. The maximum atomic E-state index is 4.74. The molecule has 0 spiro atoms. The summed E-state index contributed by atoms with van der Waals surface area (Å²) in [5.41, 5.74) is 4.74. The summed E-state index contributed by atoms with van der Waals surface area (Å²) in [5.74, 6) is 0. The molecule has 0 amide bonds. The first-order chi connectivity index (χ1) is 5.24. The largest absolute Gasteiger partial charge is 2.00 e. The standard InChI is InChI=1S/C4H8O.C3H7.C2H6N.2U/c1-3-5-4-2;1-3-2;1-2-3;;/h1-4H2;1,3H2,2H3;1-3H2;;/q-2;2*-1;2*+2. The summed E-state index contributed by atoms with van der Waals surface area (Å²) in [6.07, 6.45) is 1.00. The minimum Gasteiger partial charge on any atom is -0.445 e. The van der Waals surface area contributed by atoms with E-state index in [4.69, 9.17) is 5.73 Å². The van der Waals surface area contributed by atoms with Crippen LogP contribution in [0.2, 0.25) is 0 Å². The second-order valence-electron chi connectivity index (χ2n) is 1.40. The van der Waals surface area contributed by atoms with Crippen molar-refractivity contribution in [3.8, 4) is 0 Å². The summed E-state index contributed by atoms with van der Waals surface area (Å²) in [7, 11) is 0. The van der Waals surface area contributed by atoms with Gasteiger partial charge in [0.25, 0.3) is 0 Å². The van der Waals surface area contributed by atoms with Crippen LogP contribution in [0, 0.1) is 89.9 Å². The van der Waals surface area contributed by atoms with E-state index in [0.717, 1.165) is 6.42 Å². The number of hydrogen-bond donors (Lipinski definition) is 1. The summed E-state index contributed by atoms with van der Waals surface area (Å²) in [6.45, 7) is 17.2. The van der Waals surface area contributed by atoms with Crippen molar-refractivity contribution in [3.05, 3.63) is 27.7 Å². The molecule has 0 bridgehead atoms. The van der Waals surface area contributed by atoms with Gasteiger partial charge in [-0.2, -0.15) is 6.42 Å². The first-order valence-corrected chi connectivity index (χ1v) is 3.69. The van der Waals surface area contributed by atoms with Gasteiger partial charge in [-0.25, -0.2) is 0 Å². The molecule has 0 unspecified atom stereocenters. The average Bonchev–Trinajstić information content (AvgIpc) is 1.92. The van der Waals surface area contributed by atoms with Gasteiger partial charge in [-0.1, -0.05) is 20.1 Å². The molecule has 0 saturated heterocycles. The molecule has 0 aromatic heterocycles. The Morgan fingerprint density at radius 1 is 1.00 bits per heavy atom. The van der Waals surface area contributed by atoms with Crippen molar-refractivity contribution in [3.63, 3.8) is 0 Å². The summed E-state index contributed by atoms with van der Waals surface area (Å²) >= 11 is 0. The second kappa shape index (κ2) is 48.2. The molecule has 0 heterocycles. The summed E-state index contributed by atoms with van der Waals surface area (Å²) in [5, 5.41) is 0. The van der Waals surface area contributed by atoms with Crippen LogP contribution in [0.4, 0.5) is 0 Å². The molecular formula is C9H21NOU2. The zero-order valence-corrected chi connectivity index (χ0v) is 17.0. The van der Waals surface area contributed by atoms with Crippen LogP contribution < -0.4 is 5.73 Å². The number of ether oxygens (including phenoxy) is 1. The van der Waals surface area contributed by atoms with Gasteiger partial charge in [0.1, 0.15) is 0 Å². The molecule has 2 N–H and O–H groups in total. The summed E-state index contributed by atoms with van der Waals surface area (Å²) in [6, 6.07) is 0. The van der Waals surface area contributed by atoms with Crippen LogP contribution in [-0.2, 0) is 4.74 Å². The molecule has 76 valence electrons.